The molecule has 1 aliphatic rings. The van der Waals surface area contributed by atoms with Crippen LogP contribution in [0.1, 0.15) is 29.3 Å². The van der Waals surface area contributed by atoms with Crippen molar-refractivity contribution >= 4 is 51.3 Å². The zero-order valence-corrected chi connectivity index (χ0v) is 24.3. The van der Waals surface area contributed by atoms with Crippen LogP contribution in [-0.2, 0) is 27.3 Å². The number of carbonyl (C=O) groups is 4. The molecule has 2 heterocycles. The Morgan fingerprint density at radius 1 is 1.13 bits per heavy atom. The highest BCUT2D eigenvalue weighted by molar-refractivity contribution is 9.10. The maximum absolute atomic E-state index is 12.2. The number of amides is 3. The Kier molecular flexibility index (Phi) is 15.8. The second-order valence-electron chi connectivity index (χ2n) is 8.33. The van der Waals surface area contributed by atoms with E-state index in [1.807, 2.05) is 55.5 Å². The molecule has 1 aromatic heterocycles. The number of nitrogens with zero attached hydrogens (tertiary/aromatic N) is 2. The molecule has 4 N–H and O–H groups in total. The minimum Gasteiger partial charge on any atom is -0.355 e. The number of aldehydes is 1. The van der Waals surface area contributed by atoms with E-state index < -0.39 is 0 Å². The molecule has 1 saturated heterocycles. The summed E-state index contributed by atoms with van der Waals surface area (Å²) < 4.78 is 2.63. The fraction of sp³-hybridized carbons (Fsp3) is 0.310. The summed E-state index contributed by atoms with van der Waals surface area (Å²) in [7, 11) is 3.07. The van der Waals surface area contributed by atoms with Crippen LogP contribution in [0.25, 0.3) is 10.9 Å². The van der Waals surface area contributed by atoms with Crippen LogP contribution in [0.5, 0.6) is 0 Å². The summed E-state index contributed by atoms with van der Waals surface area (Å²) in [4.78, 5) is 46.4. The van der Waals surface area contributed by atoms with Gasteiger partial charge in [0.2, 0.25) is 12.3 Å². The predicted molar refractivity (Wildman–Crippen MR) is 159 cm³/mol. The van der Waals surface area contributed by atoms with E-state index in [1.165, 1.54) is 12.6 Å². The average molecular weight is 601 g/mol. The topological polar surface area (TPSA) is 127 Å². The van der Waals surface area contributed by atoms with Crippen molar-refractivity contribution in [3.63, 3.8) is 0 Å². The minimum absolute atomic E-state index is 0.00270. The van der Waals surface area contributed by atoms with Crippen molar-refractivity contribution in [3.05, 3.63) is 83.0 Å². The lowest BCUT2D eigenvalue weighted by Crippen LogP contribution is -2.58. The molecule has 9 nitrogen and oxygen atoms in total. The van der Waals surface area contributed by atoms with E-state index in [4.69, 9.17) is 0 Å². The van der Waals surface area contributed by atoms with Gasteiger partial charge in [0.15, 0.2) is 0 Å². The number of allylic oxidation sites excluding steroid dienone is 1. The number of aryl methyl sites for hydroxylation is 1. The third kappa shape index (κ3) is 10.9. The minimum atomic E-state index is -0.196. The number of carbonyl (C=O) groups excluding carboxylic acids is 4. The summed E-state index contributed by atoms with van der Waals surface area (Å²) in [6, 6.07) is 15.6. The SMILES string of the molecule is C=CC.CN.CNC(=O)c1cn(CC(=O)NC2CN(C=O)C2)c2ccc(Br)cc12.O=CCCc1ccccc1. The number of hydrogen-bond acceptors (Lipinski definition) is 5. The van der Waals surface area contributed by atoms with E-state index >= 15 is 0 Å². The zero-order valence-electron chi connectivity index (χ0n) is 22.7. The van der Waals surface area contributed by atoms with Crippen molar-refractivity contribution < 1.29 is 19.2 Å². The van der Waals surface area contributed by atoms with Gasteiger partial charge in [0.05, 0.1) is 11.6 Å². The molecule has 3 amide bonds. The Hall–Kier alpha value is -3.76. The third-order valence-corrected chi connectivity index (χ3v) is 5.94. The van der Waals surface area contributed by atoms with E-state index in [0.29, 0.717) is 25.1 Å². The van der Waals surface area contributed by atoms with Crippen LogP contribution < -0.4 is 16.4 Å². The summed E-state index contributed by atoms with van der Waals surface area (Å²) in [6.45, 7) is 6.45. The van der Waals surface area contributed by atoms with E-state index in [-0.39, 0.29) is 24.4 Å². The van der Waals surface area contributed by atoms with Crippen molar-refractivity contribution in [2.45, 2.75) is 32.4 Å². The molecule has 39 heavy (non-hydrogen) atoms. The summed E-state index contributed by atoms with van der Waals surface area (Å²) in [5.41, 5.74) is 7.07. The third-order valence-electron chi connectivity index (χ3n) is 5.45. The number of halogens is 1. The van der Waals surface area contributed by atoms with Crippen LogP contribution in [0, 0.1) is 0 Å². The van der Waals surface area contributed by atoms with Gasteiger partial charge in [-0.2, -0.15) is 0 Å². The summed E-state index contributed by atoms with van der Waals surface area (Å²) in [5.74, 6) is -0.341. The second-order valence-corrected chi connectivity index (χ2v) is 9.25. The van der Waals surface area contributed by atoms with Gasteiger partial charge in [-0.25, -0.2) is 0 Å². The fourth-order valence-corrected chi connectivity index (χ4v) is 4.07. The Labute approximate surface area is 238 Å². The molecule has 0 unspecified atom stereocenters. The molecule has 0 aliphatic carbocycles. The van der Waals surface area contributed by atoms with Crippen molar-refractivity contribution in [2.75, 3.05) is 27.2 Å². The normalized spacial score (nSPS) is 11.7. The van der Waals surface area contributed by atoms with Gasteiger partial charge in [0.1, 0.15) is 12.8 Å². The van der Waals surface area contributed by atoms with E-state index in [9.17, 15) is 19.2 Å². The van der Waals surface area contributed by atoms with Crippen molar-refractivity contribution in [1.82, 2.24) is 20.1 Å². The predicted octanol–water partition coefficient (Wildman–Crippen LogP) is 3.31. The molecule has 1 fully saturated rings. The lowest BCUT2D eigenvalue weighted by Gasteiger charge is -2.36. The van der Waals surface area contributed by atoms with Crippen molar-refractivity contribution in [2.24, 2.45) is 5.73 Å². The summed E-state index contributed by atoms with van der Waals surface area (Å²) in [6.07, 6.45) is 6.66. The van der Waals surface area contributed by atoms with Gasteiger partial charge in [-0.05, 0) is 44.2 Å². The lowest BCUT2D eigenvalue weighted by molar-refractivity contribution is -0.128. The van der Waals surface area contributed by atoms with Crippen molar-refractivity contribution in [3.8, 4) is 0 Å². The highest BCUT2D eigenvalue weighted by Crippen LogP contribution is 2.25. The number of nitrogens with one attached hydrogen (secondary N) is 2. The quantitative estimate of drug-likeness (QED) is 0.270. The van der Waals surface area contributed by atoms with Crippen LogP contribution in [0.15, 0.2) is 71.9 Å². The highest BCUT2D eigenvalue weighted by Gasteiger charge is 2.26. The molecular formula is C29H38BrN5O4. The fourth-order valence-electron chi connectivity index (χ4n) is 3.70. The van der Waals surface area contributed by atoms with Gasteiger partial charge in [-0.1, -0.05) is 52.3 Å². The summed E-state index contributed by atoms with van der Waals surface area (Å²) >= 11 is 3.41. The molecule has 1 aliphatic heterocycles. The van der Waals surface area contributed by atoms with Gasteiger partial charge in [-0.15, -0.1) is 6.58 Å². The number of hydrogen-bond donors (Lipinski definition) is 3. The Morgan fingerprint density at radius 3 is 2.33 bits per heavy atom. The Bertz CT molecular complexity index is 1210. The van der Waals surface area contributed by atoms with E-state index in [2.05, 4.69) is 38.9 Å². The number of nitrogens with two attached hydrogens (primary N) is 1. The molecule has 10 heteroatoms. The molecular weight excluding hydrogens is 562 g/mol. The largest absolute Gasteiger partial charge is 0.355 e. The van der Waals surface area contributed by atoms with Crippen LogP contribution >= 0.6 is 15.9 Å². The molecule has 0 bridgehead atoms. The molecule has 0 saturated carbocycles. The molecule has 0 radical (unpaired) electrons. The van der Waals surface area contributed by atoms with Crippen LogP contribution in [-0.4, -0.2) is 67.2 Å². The average Bonchev–Trinajstić information content (AvgIpc) is 3.28. The van der Waals surface area contributed by atoms with Crippen molar-refractivity contribution in [1.29, 1.82) is 0 Å². The molecule has 4 rings (SSSR count). The summed E-state index contributed by atoms with van der Waals surface area (Å²) in [5, 5.41) is 6.29. The number of benzene rings is 2. The maximum atomic E-state index is 12.2. The molecule has 0 atom stereocenters. The number of fused-ring (bicyclic) bond motifs is 1. The number of likely N-dealkylation sites (tertiary alicyclic amines) is 1. The van der Waals surface area contributed by atoms with Crippen LogP contribution in [0.4, 0.5) is 0 Å². The van der Waals surface area contributed by atoms with Gasteiger partial charge in [-0.3, -0.25) is 14.4 Å². The first kappa shape index (κ1) is 33.3. The molecule has 210 valence electrons. The van der Waals surface area contributed by atoms with E-state index in [0.717, 1.165) is 34.5 Å². The van der Waals surface area contributed by atoms with Gasteiger partial charge < -0.3 is 30.6 Å². The second kappa shape index (κ2) is 18.5. The molecule has 2 aromatic carbocycles. The Morgan fingerprint density at radius 2 is 1.77 bits per heavy atom. The van der Waals surface area contributed by atoms with Gasteiger partial charge in [0, 0.05) is 48.1 Å². The molecule has 3 aromatic rings. The van der Waals surface area contributed by atoms with E-state index in [1.54, 1.807) is 28.8 Å². The monoisotopic (exact) mass is 599 g/mol. The standard InChI is InChI=1S/C16H17BrN4O3.C9H10O.C3H6.CH5N/c1-18-16(24)13-7-21(14-3-2-10(17)4-12(13)14)8-15(23)19-11-5-20(6-11)9-22;10-8-4-7-9-5-2-1-3-6-9;1-3-2;1-2/h2-4,7,9,11H,5-6,8H2,1H3,(H,18,24)(H,19,23);1-3,5-6,8H,4,7H2;3H,1H2,2H3;2H2,1H3. The first-order chi connectivity index (χ1) is 18.9. The number of aromatic nitrogens is 1. The van der Waals surface area contributed by atoms with Crippen LogP contribution in [0.3, 0.4) is 0 Å². The van der Waals surface area contributed by atoms with Crippen LogP contribution in [0.2, 0.25) is 0 Å². The first-order valence-electron chi connectivity index (χ1n) is 12.5. The smallest absolute Gasteiger partial charge is 0.253 e. The Balaban J connectivity index is 0.000000421. The first-order valence-corrected chi connectivity index (χ1v) is 13.3. The lowest BCUT2D eigenvalue weighted by atomic mass is 10.1. The van der Waals surface area contributed by atoms with Gasteiger partial charge >= 0.3 is 0 Å². The number of rotatable bonds is 8. The maximum Gasteiger partial charge on any atom is 0.253 e. The molecule has 0 spiro atoms. The van der Waals surface area contributed by atoms with Gasteiger partial charge in [0.25, 0.3) is 5.91 Å². The zero-order chi connectivity index (χ0) is 29.2. The highest BCUT2D eigenvalue weighted by atomic mass is 79.9.